The number of hydrogen-bond acceptors (Lipinski definition) is 1. The van der Waals surface area contributed by atoms with E-state index >= 15 is 0 Å². The lowest BCUT2D eigenvalue weighted by molar-refractivity contribution is -0.105. The number of rotatable bonds is 2. The maximum Gasteiger partial charge on any atom is 0.145 e. The minimum Gasteiger partial charge on any atom is -0.298 e. The number of aldehydes is 1. The van der Waals surface area contributed by atoms with Crippen LogP contribution in [0, 0.1) is 0 Å². The molecule has 1 nitrogen and oxygen atoms in total. The van der Waals surface area contributed by atoms with Crippen LogP contribution in [0.25, 0.3) is 0 Å². The number of allylic oxidation sites excluding steroid dienone is 2. The molecule has 0 heterocycles. The Morgan fingerprint density at radius 2 is 1.47 bits per heavy atom. The van der Waals surface area contributed by atoms with E-state index in [-0.39, 0.29) is 0 Å². The molecule has 0 aliphatic heterocycles. The van der Waals surface area contributed by atoms with Crippen LogP contribution in [0.2, 0.25) is 0 Å². The highest BCUT2D eigenvalue weighted by molar-refractivity contribution is 5.74. The lowest BCUT2D eigenvalue weighted by atomic mass is 9.93. The van der Waals surface area contributed by atoms with Gasteiger partial charge in [0.2, 0.25) is 0 Å². The predicted molar refractivity (Wildman–Crippen MR) is 64.9 cm³/mol. The number of carbonyl (C=O) groups excluding carboxylic acids is 1. The Kier molecular flexibility index (Phi) is 6.38. The zero-order valence-electron chi connectivity index (χ0n) is 10.1. The molecule has 0 aromatic rings. The normalized spacial score (nSPS) is 19.7. The van der Waals surface area contributed by atoms with Crippen LogP contribution in [0.1, 0.15) is 71.1 Å². The van der Waals surface area contributed by atoms with Gasteiger partial charge in [-0.3, -0.25) is 4.79 Å². The summed E-state index contributed by atoms with van der Waals surface area (Å²) in [4.78, 5) is 10.9. The van der Waals surface area contributed by atoms with Gasteiger partial charge in [-0.05, 0) is 37.7 Å². The van der Waals surface area contributed by atoms with E-state index in [9.17, 15) is 4.79 Å². The standard InChI is InChI=1S/C14H24O/c1-2-13(12-15)14-10-8-6-4-3-5-7-9-11-14/h12H,2-11H2,1H3. The molecule has 1 rings (SSSR count). The van der Waals surface area contributed by atoms with Gasteiger partial charge in [-0.1, -0.05) is 44.6 Å². The van der Waals surface area contributed by atoms with Crippen molar-refractivity contribution in [3.8, 4) is 0 Å². The summed E-state index contributed by atoms with van der Waals surface area (Å²) in [5.74, 6) is 0. The van der Waals surface area contributed by atoms with E-state index < -0.39 is 0 Å². The first kappa shape index (κ1) is 12.5. The summed E-state index contributed by atoms with van der Waals surface area (Å²) in [5.41, 5.74) is 2.53. The highest BCUT2D eigenvalue weighted by atomic mass is 16.1. The fourth-order valence-electron chi connectivity index (χ4n) is 2.42. The van der Waals surface area contributed by atoms with Crippen molar-refractivity contribution >= 4 is 6.29 Å². The van der Waals surface area contributed by atoms with Crippen LogP contribution in [0.5, 0.6) is 0 Å². The Morgan fingerprint density at radius 3 is 1.87 bits per heavy atom. The van der Waals surface area contributed by atoms with E-state index in [1.54, 1.807) is 0 Å². The Bertz CT molecular complexity index is 203. The molecular weight excluding hydrogens is 184 g/mol. The molecule has 1 heteroatoms. The third kappa shape index (κ3) is 4.63. The largest absolute Gasteiger partial charge is 0.298 e. The van der Waals surface area contributed by atoms with Crippen molar-refractivity contribution in [1.29, 1.82) is 0 Å². The highest BCUT2D eigenvalue weighted by Gasteiger charge is 2.06. The van der Waals surface area contributed by atoms with Crippen molar-refractivity contribution in [1.82, 2.24) is 0 Å². The van der Waals surface area contributed by atoms with Crippen molar-refractivity contribution in [3.05, 3.63) is 11.1 Å². The van der Waals surface area contributed by atoms with Crippen LogP contribution < -0.4 is 0 Å². The molecule has 0 amide bonds. The molecule has 0 bridgehead atoms. The predicted octanol–water partition coefficient (Wildman–Crippen LogP) is 4.42. The summed E-state index contributed by atoms with van der Waals surface area (Å²) in [6, 6.07) is 0. The van der Waals surface area contributed by atoms with Crippen LogP contribution in [0.15, 0.2) is 11.1 Å². The molecule has 0 N–H and O–H groups in total. The fourth-order valence-corrected chi connectivity index (χ4v) is 2.42. The van der Waals surface area contributed by atoms with Gasteiger partial charge in [0, 0.05) is 0 Å². The third-order valence-corrected chi connectivity index (χ3v) is 3.43. The van der Waals surface area contributed by atoms with Crippen molar-refractivity contribution in [2.45, 2.75) is 71.1 Å². The molecule has 1 aliphatic rings. The Balaban J connectivity index is 2.57. The Labute approximate surface area is 93.9 Å². The van der Waals surface area contributed by atoms with Crippen LogP contribution in [0.4, 0.5) is 0 Å². The Morgan fingerprint density at radius 1 is 1.00 bits per heavy atom. The first-order valence-corrected chi connectivity index (χ1v) is 6.54. The Hall–Kier alpha value is -0.590. The number of hydrogen-bond donors (Lipinski definition) is 0. The second-order valence-corrected chi connectivity index (χ2v) is 4.58. The highest BCUT2D eigenvalue weighted by Crippen LogP contribution is 2.23. The van der Waals surface area contributed by atoms with E-state index in [1.807, 2.05) is 0 Å². The molecule has 0 atom stereocenters. The van der Waals surface area contributed by atoms with Gasteiger partial charge in [0.25, 0.3) is 0 Å². The lowest BCUT2D eigenvalue weighted by Crippen LogP contribution is -1.96. The van der Waals surface area contributed by atoms with E-state index in [0.29, 0.717) is 0 Å². The van der Waals surface area contributed by atoms with Crippen molar-refractivity contribution in [3.63, 3.8) is 0 Å². The molecule has 1 fully saturated rings. The van der Waals surface area contributed by atoms with Crippen LogP contribution in [0.3, 0.4) is 0 Å². The first-order chi connectivity index (χ1) is 7.38. The maximum atomic E-state index is 10.9. The van der Waals surface area contributed by atoms with Crippen molar-refractivity contribution in [2.75, 3.05) is 0 Å². The monoisotopic (exact) mass is 208 g/mol. The quantitative estimate of drug-likeness (QED) is 0.485. The summed E-state index contributed by atoms with van der Waals surface area (Å²) in [6.45, 7) is 2.09. The van der Waals surface area contributed by atoms with Crippen LogP contribution >= 0.6 is 0 Å². The number of carbonyl (C=O) groups is 1. The smallest absolute Gasteiger partial charge is 0.145 e. The molecule has 1 saturated carbocycles. The van der Waals surface area contributed by atoms with E-state index in [1.165, 1.54) is 63.4 Å². The molecule has 0 aromatic carbocycles. The average molecular weight is 208 g/mol. The third-order valence-electron chi connectivity index (χ3n) is 3.43. The minimum atomic E-state index is 0.916. The molecule has 0 saturated heterocycles. The van der Waals surface area contributed by atoms with Crippen molar-refractivity contribution in [2.24, 2.45) is 0 Å². The summed E-state index contributed by atoms with van der Waals surface area (Å²) in [7, 11) is 0. The molecule has 15 heavy (non-hydrogen) atoms. The van der Waals surface area contributed by atoms with E-state index in [4.69, 9.17) is 0 Å². The van der Waals surface area contributed by atoms with Gasteiger partial charge in [-0.2, -0.15) is 0 Å². The topological polar surface area (TPSA) is 17.1 Å². The van der Waals surface area contributed by atoms with Gasteiger partial charge < -0.3 is 0 Å². The molecular formula is C14H24O. The zero-order chi connectivity index (χ0) is 10.9. The summed E-state index contributed by atoms with van der Waals surface area (Å²) in [6.07, 6.45) is 13.8. The average Bonchev–Trinajstić information content (AvgIpc) is 2.28. The van der Waals surface area contributed by atoms with Crippen LogP contribution in [-0.4, -0.2) is 6.29 Å². The van der Waals surface area contributed by atoms with E-state index in [2.05, 4.69) is 6.92 Å². The molecule has 0 aromatic heterocycles. The molecule has 0 radical (unpaired) electrons. The molecule has 0 spiro atoms. The van der Waals surface area contributed by atoms with Gasteiger partial charge in [-0.25, -0.2) is 0 Å². The minimum absolute atomic E-state index is 0.916. The summed E-state index contributed by atoms with van der Waals surface area (Å²) < 4.78 is 0. The first-order valence-electron chi connectivity index (χ1n) is 6.54. The van der Waals surface area contributed by atoms with Gasteiger partial charge in [0.05, 0.1) is 0 Å². The summed E-state index contributed by atoms with van der Waals surface area (Å²) in [5, 5.41) is 0. The molecule has 0 unspecified atom stereocenters. The molecule has 86 valence electrons. The molecule has 1 aliphatic carbocycles. The maximum absolute atomic E-state index is 10.9. The lowest BCUT2D eigenvalue weighted by Gasteiger charge is -2.13. The van der Waals surface area contributed by atoms with Gasteiger partial charge in [0.1, 0.15) is 6.29 Å². The SMILES string of the molecule is CCC(C=O)=C1CCCCCCCCC1. The zero-order valence-corrected chi connectivity index (χ0v) is 10.1. The van der Waals surface area contributed by atoms with Crippen molar-refractivity contribution < 1.29 is 4.79 Å². The fraction of sp³-hybridized carbons (Fsp3) is 0.786. The van der Waals surface area contributed by atoms with Gasteiger partial charge >= 0.3 is 0 Å². The van der Waals surface area contributed by atoms with Crippen LogP contribution in [-0.2, 0) is 4.79 Å². The second kappa shape index (κ2) is 7.67. The summed E-state index contributed by atoms with van der Waals surface area (Å²) >= 11 is 0. The second-order valence-electron chi connectivity index (χ2n) is 4.58. The van der Waals surface area contributed by atoms with E-state index in [0.717, 1.165) is 18.3 Å². The van der Waals surface area contributed by atoms with Gasteiger partial charge in [0.15, 0.2) is 0 Å². The van der Waals surface area contributed by atoms with Gasteiger partial charge in [-0.15, -0.1) is 0 Å².